The lowest BCUT2D eigenvalue weighted by atomic mass is 9.72. The first kappa shape index (κ1) is 10.9. The second kappa shape index (κ2) is 3.75. The second-order valence-corrected chi connectivity index (χ2v) is 5.15. The summed E-state index contributed by atoms with van der Waals surface area (Å²) in [5.74, 6) is -0.0253. The molecule has 2 aliphatic heterocycles. The minimum absolute atomic E-state index is 0.0628. The zero-order chi connectivity index (χ0) is 13.0. The van der Waals surface area contributed by atoms with Crippen molar-refractivity contribution in [1.29, 1.82) is 0 Å². The number of rotatable bonds is 0. The Balaban J connectivity index is 2.05. The Morgan fingerprint density at radius 2 is 1.95 bits per heavy atom. The van der Waals surface area contributed by atoms with Gasteiger partial charge in [-0.1, -0.05) is 35.9 Å². The van der Waals surface area contributed by atoms with E-state index >= 15 is 0 Å². The van der Waals surface area contributed by atoms with Crippen LogP contribution < -0.4 is 0 Å². The van der Waals surface area contributed by atoms with E-state index in [-0.39, 0.29) is 11.7 Å². The van der Waals surface area contributed by atoms with Crippen molar-refractivity contribution in [1.82, 2.24) is 0 Å². The van der Waals surface area contributed by atoms with Gasteiger partial charge in [0.1, 0.15) is 11.2 Å². The van der Waals surface area contributed by atoms with Gasteiger partial charge < -0.3 is 0 Å². The number of nitrogens with zero attached hydrogens (tertiary/aromatic N) is 2. The molecule has 1 aromatic rings. The summed E-state index contributed by atoms with van der Waals surface area (Å²) in [6.07, 6.45) is 5.40. The number of benzene rings is 1. The van der Waals surface area contributed by atoms with E-state index in [4.69, 9.17) is 11.6 Å². The van der Waals surface area contributed by atoms with Gasteiger partial charge in [-0.05, 0) is 17.7 Å². The fraction of sp³-hybridized carbons (Fsp3) is 0.133. The van der Waals surface area contributed by atoms with E-state index in [2.05, 4.69) is 9.98 Å². The monoisotopic (exact) mass is 268 g/mol. The van der Waals surface area contributed by atoms with E-state index in [1.165, 1.54) is 0 Å². The summed E-state index contributed by atoms with van der Waals surface area (Å²) in [5, 5.41) is 0.454. The minimum Gasteiger partial charge on any atom is -0.292 e. The number of Topliss-reactive ketones (excluding diaryl/α,β-unsaturated/α-hetero) is 1. The van der Waals surface area contributed by atoms with E-state index < -0.39 is 6.04 Å². The molecule has 0 amide bonds. The predicted octanol–water partition coefficient (Wildman–Crippen LogP) is 2.76. The van der Waals surface area contributed by atoms with Crippen LogP contribution in [0.15, 0.2) is 57.1 Å². The van der Waals surface area contributed by atoms with Gasteiger partial charge in [0.2, 0.25) is 0 Å². The van der Waals surface area contributed by atoms with Crippen LogP contribution in [-0.4, -0.2) is 23.8 Å². The highest BCUT2D eigenvalue weighted by atomic mass is 35.5. The van der Waals surface area contributed by atoms with Gasteiger partial charge in [0.15, 0.2) is 5.78 Å². The minimum atomic E-state index is -0.394. The van der Waals surface area contributed by atoms with Crippen molar-refractivity contribution >= 4 is 29.3 Å². The number of carbonyl (C=O) groups excluding carboxylic acids is 1. The van der Waals surface area contributed by atoms with Crippen LogP contribution in [0.25, 0.3) is 0 Å². The molecule has 0 N–H and O–H groups in total. The van der Waals surface area contributed by atoms with Crippen LogP contribution in [0.2, 0.25) is 0 Å². The predicted molar refractivity (Wildman–Crippen MR) is 75.1 cm³/mol. The molecule has 0 saturated heterocycles. The quantitative estimate of drug-likeness (QED) is 0.667. The average molecular weight is 269 g/mol. The summed E-state index contributed by atoms with van der Waals surface area (Å²) in [5.41, 5.74) is 3.43. The molecule has 0 fully saturated rings. The Hall–Kier alpha value is -2.00. The zero-order valence-corrected chi connectivity index (χ0v) is 10.6. The van der Waals surface area contributed by atoms with Gasteiger partial charge >= 0.3 is 0 Å². The van der Waals surface area contributed by atoms with Crippen molar-refractivity contribution in [2.45, 2.75) is 6.04 Å². The number of allylic oxidation sites excluding steroid dienone is 2. The van der Waals surface area contributed by atoms with Crippen LogP contribution in [-0.2, 0) is 0 Å². The SMILES string of the molecule is O=C1c2ccccc2C2=NC(Cl)=CC3=CC=NC1C32. The molecule has 2 heterocycles. The summed E-state index contributed by atoms with van der Waals surface area (Å²) < 4.78 is 0. The lowest BCUT2D eigenvalue weighted by Gasteiger charge is -2.35. The molecule has 92 valence electrons. The van der Waals surface area contributed by atoms with Crippen LogP contribution in [0.4, 0.5) is 0 Å². The van der Waals surface area contributed by atoms with Gasteiger partial charge in [-0.2, -0.15) is 0 Å². The van der Waals surface area contributed by atoms with Gasteiger partial charge in [-0.25, -0.2) is 4.99 Å². The highest BCUT2D eigenvalue weighted by Crippen LogP contribution is 2.38. The molecule has 0 aromatic heterocycles. The number of hydrogen-bond acceptors (Lipinski definition) is 3. The fourth-order valence-corrected chi connectivity index (χ4v) is 3.14. The summed E-state index contributed by atoms with van der Waals surface area (Å²) in [6.45, 7) is 0. The molecule has 1 aliphatic carbocycles. The van der Waals surface area contributed by atoms with E-state index in [9.17, 15) is 4.79 Å². The van der Waals surface area contributed by atoms with Crippen molar-refractivity contribution in [3.05, 3.63) is 58.3 Å². The third kappa shape index (κ3) is 1.42. The third-order valence-corrected chi connectivity index (χ3v) is 3.93. The Bertz CT molecular complexity index is 727. The van der Waals surface area contributed by atoms with Crippen LogP contribution in [0.5, 0.6) is 0 Å². The average Bonchev–Trinajstić information content (AvgIpc) is 2.44. The van der Waals surface area contributed by atoms with Crippen molar-refractivity contribution in [3.63, 3.8) is 0 Å². The molecular formula is C15H9ClN2O. The Morgan fingerprint density at radius 1 is 1.16 bits per heavy atom. The Kier molecular flexibility index (Phi) is 2.15. The number of ketones is 1. The molecule has 0 bridgehead atoms. The number of fused-ring (bicyclic) bond motifs is 2. The number of hydrogen-bond donors (Lipinski definition) is 0. The molecule has 0 saturated carbocycles. The fourth-order valence-electron chi connectivity index (χ4n) is 2.92. The van der Waals surface area contributed by atoms with Crippen molar-refractivity contribution < 1.29 is 4.79 Å². The summed E-state index contributed by atoms with van der Waals surface area (Å²) in [6, 6.07) is 7.14. The summed E-state index contributed by atoms with van der Waals surface area (Å²) in [4.78, 5) is 21.3. The highest BCUT2D eigenvalue weighted by molar-refractivity contribution is 6.32. The molecule has 4 heteroatoms. The van der Waals surface area contributed by atoms with Gasteiger partial charge in [-0.15, -0.1) is 0 Å². The number of aliphatic imine (C=N–C) groups is 2. The first-order chi connectivity index (χ1) is 9.25. The molecule has 2 unspecified atom stereocenters. The molecule has 19 heavy (non-hydrogen) atoms. The van der Waals surface area contributed by atoms with Crippen molar-refractivity contribution in [3.8, 4) is 0 Å². The van der Waals surface area contributed by atoms with E-state index in [1.54, 1.807) is 6.21 Å². The van der Waals surface area contributed by atoms with Crippen LogP contribution >= 0.6 is 11.6 Å². The largest absolute Gasteiger partial charge is 0.292 e. The maximum Gasteiger partial charge on any atom is 0.188 e. The smallest absolute Gasteiger partial charge is 0.188 e. The lowest BCUT2D eigenvalue weighted by molar-refractivity contribution is 0.0948. The standard InChI is InChI=1S/C15H9ClN2O/c16-11-7-8-5-6-17-14-12(8)13(18-11)9-3-1-2-4-10(9)15(14)19/h1-7,12,14H. The maximum absolute atomic E-state index is 12.5. The van der Waals surface area contributed by atoms with Gasteiger partial charge in [0.25, 0.3) is 0 Å². The van der Waals surface area contributed by atoms with Crippen LogP contribution in [0.1, 0.15) is 15.9 Å². The summed E-state index contributed by atoms with van der Waals surface area (Å²) in [7, 11) is 0. The number of dihydropyridines is 1. The molecular weight excluding hydrogens is 260 g/mol. The lowest BCUT2D eigenvalue weighted by Crippen LogP contribution is -2.43. The maximum atomic E-state index is 12.5. The van der Waals surface area contributed by atoms with Gasteiger partial charge in [0, 0.05) is 17.3 Å². The van der Waals surface area contributed by atoms with Crippen LogP contribution in [0, 0.1) is 5.92 Å². The van der Waals surface area contributed by atoms with E-state index in [1.807, 2.05) is 36.4 Å². The van der Waals surface area contributed by atoms with Crippen molar-refractivity contribution in [2.75, 3.05) is 0 Å². The number of halogens is 1. The molecule has 1 aromatic carbocycles. The number of carbonyl (C=O) groups is 1. The molecule has 0 spiro atoms. The normalized spacial score (nSPS) is 27.0. The summed E-state index contributed by atoms with van der Waals surface area (Å²) >= 11 is 6.09. The van der Waals surface area contributed by atoms with Gasteiger partial charge in [-0.3, -0.25) is 9.79 Å². The molecule has 0 radical (unpaired) electrons. The van der Waals surface area contributed by atoms with E-state index in [0.29, 0.717) is 10.7 Å². The molecule has 2 atom stereocenters. The third-order valence-electron chi connectivity index (χ3n) is 3.73. The molecule has 3 nitrogen and oxygen atoms in total. The Morgan fingerprint density at radius 3 is 2.79 bits per heavy atom. The highest BCUT2D eigenvalue weighted by Gasteiger charge is 2.43. The van der Waals surface area contributed by atoms with Gasteiger partial charge in [0.05, 0.1) is 11.6 Å². The molecule has 4 rings (SSSR count). The zero-order valence-electron chi connectivity index (χ0n) is 9.88. The van der Waals surface area contributed by atoms with Crippen LogP contribution in [0.3, 0.4) is 0 Å². The first-order valence-corrected chi connectivity index (χ1v) is 6.46. The topological polar surface area (TPSA) is 41.8 Å². The first-order valence-electron chi connectivity index (χ1n) is 6.08. The Labute approximate surface area is 115 Å². The molecule has 3 aliphatic rings. The van der Waals surface area contributed by atoms with E-state index in [0.717, 1.165) is 16.8 Å². The van der Waals surface area contributed by atoms with Crippen molar-refractivity contribution in [2.24, 2.45) is 15.9 Å². The second-order valence-electron chi connectivity index (χ2n) is 4.76.